The second-order valence-corrected chi connectivity index (χ2v) is 10.0. The van der Waals surface area contributed by atoms with Gasteiger partial charge in [-0.1, -0.05) is 73.8 Å². The summed E-state index contributed by atoms with van der Waals surface area (Å²) in [5.74, 6) is -0.392. The number of likely N-dealkylation sites (tertiary alicyclic amines) is 1. The number of hydrogen-bond donors (Lipinski definition) is 1. The highest BCUT2D eigenvalue weighted by molar-refractivity contribution is 9.10. The molecule has 1 N–H and O–H groups in total. The minimum absolute atomic E-state index is 0.0182. The highest BCUT2D eigenvalue weighted by atomic mass is 79.9. The zero-order valence-electron chi connectivity index (χ0n) is 18.6. The molecule has 2 aromatic carbocycles. The number of nitrogens with zero attached hydrogens (tertiary/aromatic N) is 1. The van der Waals surface area contributed by atoms with Crippen molar-refractivity contribution in [3.05, 3.63) is 75.4 Å². The van der Waals surface area contributed by atoms with Crippen LogP contribution in [0.5, 0.6) is 0 Å². The molecular formula is C26H31BrN2O2. The molecule has 0 radical (unpaired) electrons. The second kappa shape index (κ2) is 10.3. The Balaban J connectivity index is 1.85. The fourth-order valence-corrected chi connectivity index (χ4v) is 3.90. The highest BCUT2D eigenvalue weighted by Gasteiger charge is 2.22. The maximum atomic E-state index is 13.3. The highest BCUT2D eigenvalue weighted by Crippen LogP contribution is 2.22. The van der Waals surface area contributed by atoms with E-state index in [1.54, 1.807) is 6.08 Å². The van der Waals surface area contributed by atoms with E-state index in [0.29, 0.717) is 11.3 Å². The molecule has 4 nitrogen and oxygen atoms in total. The van der Waals surface area contributed by atoms with E-state index in [0.717, 1.165) is 54.4 Å². The molecule has 1 aliphatic rings. The predicted octanol–water partition coefficient (Wildman–Crippen LogP) is 5.92. The van der Waals surface area contributed by atoms with Crippen molar-refractivity contribution in [2.45, 2.75) is 51.9 Å². The predicted molar refractivity (Wildman–Crippen MR) is 130 cm³/mol. The molecule has 5 heteroatoms. The van der Waals surface area contributed by atoms with Gasteiger partial charge in [0.15, 0.2) is 0 Å². The van der Waals surface area contributed by atoms with E-state index in [1.807, 2.05) is 53.4 Å². The normalized spacial score (nSPS) is 15.4. The summed E-state index contributed by atoms with van der Waals surface area (Å²) in [6.07, 6.45) is 6.05. The number of halogens is 1. The Hall–Kier alpha value is -2.40. The van der Waals surface area contributed by atoms with Crippen LogP contribution in [0.25, 0.3) is 6.08 Å². The van der Waals surface area contributed by atoms with Gasteiger partial charge in [-0.2, -0.15) is 0 Å². The zero-order valence-corrected chi connectivity index (χ0v) is 20.2. The Morgan fingerprint density at radius 3 is 2.03 bits per heavy atom. The van der Waals surface area contributed by atoms with Crippen molar-refractivity contribution < 1.29 is 9.59 Å². The summed E-state index contributed by atoms with van der Waals surface area (Å²) in [6, 6.07) is 15.3. The minimum Gasteiger partial charge on any atom is -0.337 e. The monoisotopic (exact) mass is 482 g/mol. The van der Waals surface area contributed by atoms with Crippen molar-refractivity contribution in [2.24, 2.45) is 0 Å². The molecule has 31 heavy (non-hydrogen) atoms. The molecule has 0 aliphatic carbocycles. The van der Waals surface area contributed by atoms with Gasteiger partial charge in [0.2, 0.25) is 0 Å². The number of carbonyl (C=O) groups is 2. The lowest BCUT2D eigenvalue weighted by Gasteiger charge is -2.22. The molecule has 1 fully saturated rings. The van der Waals surface area contributed by atoms with Crippen LogP contribution in [0.2, 0.25) is 0 Å². The van der Waals surface area contributed by atoms with Gasteiger partial charge < -0.3 is 10.2 Å². The first-order valence-electron chi connectivity index (χ1n) is 10.9. The molecule has 1 heterocycles. The van der Waals surface area contributed by atoms with Gasteiger partial charge in [0.05, 0.1) is 0 Å². The summed E-state index contributed by atoms with van der Waals surface area (Å²) in [5.41, 5.74) is 2.90. The van der Waals surface area contributed by atoms with Crippen molar-refractivity contribution in [3.63, 3.8) is 0 Å². The van der Waals surface area contributed by atoms with Gasteiger partial charge in [0.1, 0.15) is 5.70 Å². The first kappa shape index (κ1) is 23.3. The maximum absolute atomic E-state index is 13.3. The third kappa shape index (κ3) is 6.54. The van der Waals surface area contributed by atoms with Crippen molar-refractivity contribution in [2.75, 3.05) is 13.1 Å². The van der Waals surface area contributed by atoms with E-state index in [2.05, 4.69) is 42.0 Å². The molecule has 0 bridgehead atoms. The number of nitrogens with one attached hydrogen (secondary N) is 1. The topological polar surface area (TPSA) is 49.4 Å². The third-order valence-electron chi connectivity index (χ3n) is 5.57. The third-order valence-corrected chi connectivity index (χ3v) is 6.09. The van der Waals surface area contributed by atoms with E-state index in [1.165, 1.54) is 0 Å². The summed E-state index contributed by atoms with van der Waals surface area (Å²) in [4.78, 5) is 28.2. The summed E-state index contributed by atoms with van der Waals surface area (Å²) in [7, 11) is 0. The number of hydrogen-bond acceptors (Lipinski definition) is 2. The summed E-state index contributed by atoms with van der Waals surface area (Å²) in [6.45, 7) is 7.88. The molecule has 0 saturated carbocycles. The molecule has 2 aromatic rings. The fourth-order valence-electron chi connectivity index (χ4n) is 3.64. The lowest BCUT2D eigenvalue weighted by atomic mass is 9.87. The average molecular weight is 483 g/mol. The second-order valence-electron chi connectivity index (χ2n) is 9.10. The summed E-state index contributed by atoms with van der Waals surface area (Å²) < 4.78 is 0.966. The van der Waals surface area contributed by atoms with E-state index in [-0.39, 0.29) is 17.2 Å². The molecule has 2 amide bonds. The first-order valence-corrected chi connectivity index (χ1v) is 11.7. The van der Waals surface area contributed by atoms with E-state index in [4.69, 9.17) is 0 Å². The van der Waals surface area contributed by atoms with E-state index >= 15 is 0 Å². The van der Waals surface area contributed by atoms with Crippen LogP contribution < -0.4 is 5.32 Å². The molecule has 0 spiro atoms. The van der Waals surface area contributed by atoms with Crippen LogP contribution in [-0.4, -0.2) is 29.8 Å². The maximum Gasteiger partial charge on any atom is 0.270 e. The number of amides is 2. The fraction of sp³-hybridized carbons (Fsp3) is 0.385. The molecule has 3 rings (SSSR count). The molecule has 0 unspecified atom stereocenters. The Bertz CT molecular complexity index is 933. The number of carbonyl (C=O) groups excluding carboxylic acids is 2. The smallest absolute Gasteiger partial charge is 0.270 e. The molecule has 1 aliphatic heterocycles. The Labute approximate surface area is 193 Å². The molecule has 164 valence electrons. The lowest BCUT2D eigenvalue weighted by Crippen LogP contribution is -2.39. The van der Waals surface area contributed by atoms with Crippen LogP contribution in [0, 0.1) is 0 Å². The van der Waals surface area contributed by atoms with E-state index < -0.39 is 0 Å². The largest absolute Gasteiger partial charge is 0.337 e. The van der Waals surface area contributed by atoms with Crippen molar-refractivity contribution in [1.29, 1.82) is 0 Å². The molecule has 0 aromatic heterocycles. The van der Waals surface area contributed by atoms with Crippen molar-refractivity contribution in [1.82, 2.24) is 10.2 Å². The summed E-state index contributed by atoms with van der Waals surface area (Å²) >= 11 is 3.44. The van der Waals surface area contributed by atoms with Crippen molar-refractivity contribution >= 4 is 33.8 Å². The standard InChI is InChI=1S/C26H31BrN2O2/c1-26(2,3)21-12-10-20(11-13-21)24(30)28-23(18-19-8-14-22(27)15-9-19)25(31)29-16-6-4-5-7-17-29/h8-15,18H,4-7,16-17H2,1-3H3,(H,28,30)/b23-18-. The van der Waals surface area contributed by atoms with Gasteiger partial charge in [0.25, 0.3) is 11.8 Å². The van der Waals surface area contributed by atoms with Gasteiger partial charge in [-0.15, -0.1) is 0 Å². The summed E-state index contributed by atoms with van der Waals surface area (Å²) in [5, 5.41) is 2.89. The number of rotatable bonds is 4. The zero-order chi connectivity index (χ0) is 22.4. The van der Waals surface area contributed by atoms with E-state index in [9.17, 15) is 9.59 Å². The number of benzene rings is 2. The van der Waals surface area contributed by atoms with Gasteiger partial charge in [-0.05, 0) is 59.7 Å². The van der Waals surface area contributed by atoms with Crippen LogP contribution in [0.15, 0.2) is 58.7 Å². The molecule has 0 atom stereocenters. The van der Waals surface area contributed by atoms with Gasteiger partial charge in [-0.25, -0.2) is 0 Å². The van der Waals surface area contributed by atoms with Gasteiger partial charge in [-0.3, -0.25) is 9.59 Å². The van der Waals surface area contributed by atoms with Crippen LogP contribution in [-0.2, 0) is 10.2 Å². The van der Waals surface area contributed by atoms with Gasteiger partial charge >= 0.3 is 0 Å². The van der Waals surface area contributed by atoms with Crippen LogP contribution in [0.4, 0.5) is 0 Å². The van der Waals surface area contributed by atoms with Crippen LogP contribution >= 0.6 is 15.9 Å². The van der Waals surface area contributed by atoms with Crippen LogP contribution in [0.3, 0.4) is 0 Å². The minimum atomic E-state index is -0.271. The van der Waals surface area contributed by atoms with Gasteiger partial charge in [0, 0.05) is 23.1 Å². The lowest BCUT2D eigenvalue weighted by molar-refractivity contribution is -0.127. The average Bonchev–Trinajstić information content (AvgIpc) is 3.03. The molecular weight excluding hydrogens is 452 g/mol. The molecule has 1 saturated heterocycles. The SMILES string of the molecule is CC(C)(C)c1ccc(C(=O)N/C(=C\c2ccc(Br)cc2)C(=O)N2CCCCCC2)cc1. The Morgan fingerprint density at radius 1 is 0.903 bits per heavy atom. The quantitative estimate of drug-likeness (QED) is 0.549. The Kier molecular flexibility index (Phi) is 7.71. The Morgan fingerprint density at radius 2 is 1.48 bits per heavy atom. The van der Waals surface area contributed by atoms with Crippen LogP contribution in [0.1, 0.15) is 67.9 Å². The van der Waals surface area contributed by atoms with Crippen molar-refractivity contribution in [3.8, 4) is 0 Å². The first-order chi connectivity index (χ1) is 14.7.